The van der Waals surface area contributed by atoms with Crippen molar-refractivity contribution >= 4 is 11.9 Å². The number of hydrogen-bond donors (Lipinski definition) is 0. The SMILES string of the molecule is CCCCCCCCCC(=O)OCC(C)(CCC)COC(=O)CCCCCCCCC. The average Bonchev–Trinajstić information content (AvgIpc) is 2.75. The molecule has 0 aliphatic rings. The number of hydrogen-bond acceptors (Lipinski definition) is 4. The molecule has 184 valence electrons. The van der Waals surface area contributed by atoms with Crippen LogP contribution < -0.4 is 0 Å². The molecule has 0 amide bonds. The Morgan fingerprint density at radius 3 is 1.26 bits per heavy atom. The van der Waals surface area contributed by atoms with Crippen LogP contribution in [0, 0.1) is 5.41 Å². The van der Waals surface area contributed by atoms with Gasteiger partial charge in [-0.1, -0.05) is 111 Å². The zero-order valence-corrected chi connectivity index (χ0v) is 21.3. The summed E-state index contributed by atoms with van der Waals surface area (Å²) in [4.78, 5) is 24.2. The van der Waals surface area contributed by atoms with Gasteiger partial charge in [0, 0.05) is 18.3 Å². The highest BCUT2D eigenvalue weighted by molar-refractivity contribution is 5.69. The first-order valence-corrected chi connectivity index (χ1v) is 13.3. The lowest BCUT2D eigenvalue weighted by atomic mass is 9.87. The van der Waals surface area contributed by atoms with Crippen LogP contribution in [-0.4, -0.2) is 25.2 Å². The van der Waals surface area contributed by atoms with Crippen molar-refractivity contribution in [1.29, 1.82) is 0 Å². The highest BCUT2D eigenvalue weighted by Gasteiger charge is 2.27. The quantitative estimate of drug-likeness (QED) is 0.126. The van der Waals surface area contributed by atoms with Gasteiger partial charge in [-0.05, 0) is 19.3 Å². The van der Waals surface area contributed by atoms with E-state index in [1.807, 2.05) is 0 Å². The van der Waals surface area contributed by atoms with Crippen LogP contribution in [0.25, 0.3) is 0 Å². The Morgan fingerprint density at radius 2 is 0.903 bits per heavy atom. The van der Waals surface area contributed by atoms with Crippen molar-refractivity contribution < 1.29 is 19.1 Å². The first kappa shape index (κ1) is 29.9. The smallest absolute Gasteiger partial charge is 0.305 e. The van der Waals surface area contributed by atoms with Gasteiger partial charge in [-0.25, -0.2) is 0 Å². The maximum absolute atomic E-state index is 12.1. The van der Waals surface area contributed by atoms with E-state index in [1.165, 1.54) is 64.2 Å². The molecule has 0 saturated carbocycles. The predicted molar refractivity (Wildman–Crippen MR) is 130 cm³/mol. The average molecular weight is 441 g/mol. The van der Waals surface area contributed by atoms with Gasteiger partial charge < -0.3 is 9.47 Å². The number of rotatable bonds is 22. The number of esters is 2. The van der Waals surface area contributed by atoms with Gasteiger partial charge in [0.2, 0.25) is 0 Å². The standard InChI is InChI=1S/C27H52O4/c1-5-8-10-12-14-16-18-20-25(28)30-23-27(4,22-7-3)24-31-26(29)21-19-17-15-13-11-9-6-2/h5-24H2,1-4H3. The van der Waals surface area contributed by atoms with E-state index < -0.39 is 0 Å². The van der Waals surface area contributed by atoms with Crippen molar-refractivity contribution in [1.82, 2.24) is 0 Å². The van der Waals surface area contributed by atoms with Gasteiger partial charge in [0.15, 0.2) is 0 Å². The van der Waals surface area contributed by atoms with Crippen LogP contribution in [0.2, 0.25) is 0 Å². The van der Waals surface area contributed by atoms with Gasteiger partial charge in [0.1, 0.15) is 0 Å². The molecule has 0 aliphatic heterocycles. The van der Waals surface area contributed by atoms with Crippen molar-refractivity contribution in [2.45, 2.75) is 143 Å². The fourth-order valence-corrected chi connectivity index (χ4v) is 3.90. The molecule has 0 heterocycles. The van der Waals surface area contributed by atoms with E-state index in [0.29, 0.717) is 26.1 Å². The zero-order valence-electron chi connectivity index (χ0n) is 21.3. The molecule has 4 nitrogen and oxygen atoms in total. The molecule has 0 spiro atoms. The van der Waals surface area contributed by atoms with Crippen molar-refractivity contribution in [3.8, 4) is 0 Å². The highest BCUT2D eigenvalue weighted by Crippen LogP contribution is 2.25. The van der Waals surface area contributed by atoms with Gasteiger partial charge in [0.25, 0.3) is 0 Å². The fraction of sp³-hybridized carbons (Fsp3) is 0.926. The lowest BCUT2D eigenvalue weighted by Crippen LogP contribution is -2.31. The fourth-order valence-electron chi connectivity index (χ4n) is 3.90. The first-order chi connectivity index (χ1) is 15.0. The van der Waals surface area contributed by atoms with Gasteiger partial charge in [-0.2, -0.15) is 0 Å². The van der Waals surface area contributed by atoms with Gasteiger partial charge >= 0.3 is 11.9 Å². The van der Waals surface area contributed by atoms with Crippen molar-refractivity contribution in [3.63, 3.8) is 0 Å². The van der Waals surface area contributed by atoms with Crippen LogP contribution in [0.3, 0.4) is 0 Å². The molecule has 31 heavy (non-hydrogen) atoms. The topological polar surface area (TPSA) is 52.6 Å². The number of carbonyl (C=O) groups is 2. The Bertz CT molecular complexity index is 399. The second-order valence-corrected chi connectivity index (χ2v) is 9.62. The van der Waals surface area contributed by atoms with E-state index in [2.05, 4.69) is 27.7 Å². The molecule has 0 aliphatic carbocycles. The summed E-state index contributed by atoms with van der Waals surface area (Å²) < 4.78 is 11.1. The molecule has 0 aromatic carbocycles. The van der Waals surface area contributed by atoms with Crippen LogP contribution in [0.1, 0.15) is 143 Å². The summed E-state index contributed by atoms with van der Waals surface area (Å²) in [5, 5.41) is 0. The molecular weight excluding hydrogens is 388 g/mol. The minimum atomic E-state index is -0.291. The Labute approximate surface area is 193 Å². The van der Waals surface area contributed by atoms with E-state index in [9.17, 15) is 9.59 Å². The van der Waals surface area contributed by atoms with Crippen LogP contribution in [0.4, 0.5) is 0 Å². The van der Waals surface area contributed by atoms with Crippen molar-refractivity contribution in [3.05, 3.63) is 0 Å². The van der Waals surface area contributed by atoms with E-state index in [4.69, 9.17) is 9.47 Å². The Balaban J connectivity index is 3.97. The van der Waals surface area contributed by atoms with E-state index >= 15 is 0 Å². The molecule has 0 saturated heterocycles. The summed E-state index contributed by atoms with van der Waals surface area (Å²) in [6.07, 6.45) is 19.5. The van der Waals surface area contributed by atoms with Gasteiger partial charge in [0.05, 0.1) is 13.2 Å². The lowest BCUT2D eigenvalue weighted by Gasteiger charge is -2.28. The largest absolute Gasteiger partial charge is 0.465 e. The third-order valence-corrected chi connectivity index (χ3v) is 5.99. The summed E-state index contributed by atoms with van der Waals surface area (Å²) in [6.45, 7) is 9.28. The minimum Gasteiger partial charge on any atom is -0.465 e. The summed E-state index contributed by atoms with van der Waals surface area (Å²) in [6, 6.07) is 0. The normalized spacial score (nSPS) is 11.5. The molecule has 0 fully saturated rings. The Morgan fingerprint density at radius 1 is 0.548 bits per heavy atom. The first-order valence-electron chi connectivity index (χ1n) is 13.3. The molecule has 0 radical (unpaired) electrons. The van der Waals surface area contributed by atoms with E-state index in [-0.39, 0.29) is 17.4 Å². The number of ether oxygens (including phenoxy) is 2. The molecule has 0 bridgehead atoms. The number of carbonyl (C=O) groups excluding carboxylic acids is 2. The van der Waals surface area contributed by atoms with Crippen LogP contribution in [0.5, 0.6) is 0 Å². The van der Waals surface area contributed by atoms with Gasteiger partial charge in [-0.3, -0.25) is 9.59 Å². The summed E-state index contributed by atoms with van der Waals surface area (Å²) in [7, 11) is 0. The molecule has 4 heteroatoms. The molecular formula is C27H52O4. The predicted octanol–water partition coefficient (Wildman–Crippen LogP) is 8.16. The third kappa shape index (κ3) is 19.4. The second-order valence-electron chi connectivity index (χ2n) is 9.62. The zero-order chi connectivity index (χ0) is 23.2. The van der Waals surface area contributed by atoms with Crippen LogP contribution in [0.15, 0.2) is 0 Å². The summed E-state index contributed by atoms with van der Waals surface area (Å²) >= 11 is 0. The molecule has 0 unspecified atom stereocenters. The lowest BCUT2D eigenvalue weighted by molar-refractivity contribution is -0.153. The van der Waals surface area contributed by atoms with Crippen molar-refractivity contribution in [2.24, 2.45) is 5.41 Å². The molecule has 0 atom stereocenters. The molecule has 0 N–H and O–H groups in total. The molecule has 0 aromatic rings. The summed E-state index contributed by atoms with van der Waals surface area (Å²) in [5.74, 6) is -0.240. The Hall–Kier alpha value is -1.06. The molecule has 0 aromatic heterocycles. The maximum atomic E-state index is 12.1. The molecule has 0 rings (SSSR count). The van der Waals surface area contributed by atoms with Crippen molar-refractivity contribution in [2.75, 3.05) is 13.2 Å². The minimum absolute atomic E-state index is 0.120. The van der Waals surface area contributed by atoms with E-state index in [1.54, 1.807) is 0 Å². The van der Waals surface area contributed by atoms with Crippen LogP contribution >= 0.6 is 0 Å². The van der Waals surface area contributed by atoms with Gasteiger partial charge in [-0.15, -0.1) is 0 Å². The highest BCUT2D eigenvalue weighted by atomic mass is 16.5. The van der Waals surface area contributed by atoms with Crippen LogP contribution in [-0.2, 0) is 19.1 Å². The monoisotopic (exact) mass is 440 g/mol. The summed E-state index contributed by atoms with van der Waals surface area (Å²) in [5.41, 5.74) is -0.291. The van der Waals surface area contributed by atoms with E-state index in [0.717, 1.165) is 38.5 Å². The number of unbranched alkanes of at least 4 members (excludes halogenated alkanes) is 12. The third-order valence-electron chi connectivity index (χ3n) is 5.99. The second kappa shape index (κ2) is 20.8. The maximum Gasteiger partial charge on any atom is 0.305 e. The Kier molecular flexibility index (Phi) is 20.1.